The molecular formula is C58H112O6. The topological polar surface area (TPSA) is 78.9 Å². The lowest BCUT2D eigenvalue weighted by Gasteiger charge is -2.18. The van der Waals surface area contributed by atoms with Crippen molar-refractivity contribution in [2.75, 3.05) is 13.2 Å². The van der Waals surface area contributed by atoms with Crippen LogP contribution in [-0.2, 0) is 28.6 Å². The van der Waals surface area contributed by atoms with Crippen LogP contribution in [0.1, 0.15) is 324 Å². The summed E-state index contributed by atoms with van der Waals surface area (Å²) >= 11 is 0. The van der Waals surface area contributed by atoms with Gasteiger partial charge in [-0.3, -0.25) is 14.4 Å². The van der Waals surface area contributed by atoms with E-state index in [0.29, 0.717) is 19.3 Å². The van der Waals surface area contributed by atoms with Gasteiger partial charge in [-0.1, -0.05) is 285 Å². The maximum absolute atomic E-state index is 12.8. The monoisotopic (exact) mass is 905 g/mol. The first-order valence-electron chi connectivity index (χ1n) is 28.8. The molecule has 0 aromatic heterocycles. The molecule has 380 valence electrons. The zero-order valence-electron chi connectivity index (χ0n) is 43.9. The number of rotatable bonds is 52. The van der Waals surface area contributed by atoms with Crippen LogP contribution in [0.4, 0.5) is 0 Å². The van der Waals surface area contributed by atoms with E-state index < -0.39 is 6.10 Å². The second-order valence-corrected chi connectivity index (χ2v) is 20.6. The minimum atomic E-state index is -0.762. The largest absolute Gasteiger partial charge is 0.462 e. The summed E-state index contributed by atoms with van der Waals surface area (Å²) < 4.78 is 16.9. The average Bonchev–Trinajstić information content (AvgIpc) is 3.28. The Labute approximate surface area is 399 Å². The van der Waals surface area contributed by atoms with Crippen LogP contribution >= 0.6 is 0 Å². The van der Waals surface area contributed by atoms with Crippen LogP contribution in [0.2, 0.25) is 0 Å². The molecule has 0 aliphatic carbocycles. The molecule has 2 atom stereocenters. The number of hydrogen-bond donors (Lipinski definition) is 0. The third-order valence-electron chi connectivity index (χ3n) is 13.6. The quantitative estimate of drug-likeness (QED) is 0.0344. The summed E-state index contributed by atoms with van der Waals surface area (Å²) in [5.74, 6) is 0.884. The molecule has 0 saturated heterocycles. The number of hydrogen-bond acceptors (Lipinski definition) is 6. The Morgan fingerprint density at radius 3 is 0.891 bits per heavy atom. The maximum Gasteiger partial charge on any atom is 0.306 e. The van der Waals surface area contributed by atoms with Gasteiger partial charge in [0.1, 0.15) is 13.2 Å². The molecule has 0 aliphatic rings. The molecule has 0 radical (unpaired) electrons. The van der Waals surface area contributed by atoms with Crippen molar-refractivity contribution in [2.24, 2.45) is 11.8 Å². The molecule has 1 unspecified atom stereocenters. The Bertz CT molecular complexity index is 980. The van der Waals surface area contributed by atoms with E-state index in [4.69, 9.17) is 14.2 Å². The van der Waals surface area contributed by atoms with Gasteiger partial charge in [-0.05, 0) is 31.1 Å². The molecule has 0 aromatic rings. The van der Waals surface area contributed by atoms with E-state index in [2.05, 4.69) is 34.6 Å². The molecule has 0 aromatic carbocycles. The Morgan fingerprint density at radius 1 is 0.328 bits per heavy atom. The summed E-state index contributed by atoms with van der Waals surface area (Å²) in [5, 5.41) is 0. The van der Waals surface area contributed by atoms with Gasteiger partial charge in [-0.25, -0.2) is 0 Å². The predicted molar refractivity (Wildman–Crippen MR) is 275 cm³/mol. The number of unbranched alkanes of at least 4 members (excludes halogenated alkanes) is 36. The van der Waals surface area contributed by atoms with Crippen molar-refractivity contribution in [1.82, 2.24) is 0 Å². The number of carbonyl (C=O) groups is 3. The van der Waals surface area contributed by atoms with Crippen LogP contribution in [-0.4, -0.2) is 37.2 Å². The molecule has 0 fully saturated rings. The lowest BCUT2D eigenvalue weighted by molar-refractivity contribution is -0.167. The van der Waals surface area contributed by atoms with Gasteiger partial charge in [-0.15, -0.1) is 0 Å². The zero-order chi connectivity index (χ0) is 46.8. The van der Waals surface area contributed by atoms with Gasteiger partial charge < -0.3 is 14.2 Å². The first-order valence-corrected chi connectivity index (χ1v) is 28.8. The van der Waals surface area contributed by atoms with Crippen molar-refractivity contribution in [3.8, 4) is 0 Å². The van der Waals surface area contributed by atoms with Crippen LogP contribution in [0.15, 0.2) is 0 Å². The minimum Gasteiger partial charge on any atom is -0.462 e. The summed E-state index contributed by atoms with van der Waals surface area (Å²) in [6, 6.07) is 0. The SMILES string of the molecule is CCCCCCCCCCCCCC(=O)OC[C@@H](COC(=O)CCCCCCCCCCCCCCCCCCCCC(C)CC)OC(=O)CCCCCCCCCCCCC(C)C. The summed E-state index contributed by atoms with van der Waals surface area (Å²) in [4.78, 5) is 38.0. The lowest BCUT2D eigenvalue weighted by Crippen LogP contribution is -2.30. The minimum absolute atomic E-state index is 0.0630. The average molecular weight is 906 g/mol. The van der Waals surface area contributed by atoms with Crippen LogP contribution in [0.3, 0.4) is 0 Å². The van der Waals surface area contributed by atoms with E-state index >= 15 is 0 Å². The highest BCUT2D eigenvalue weighted by molar-refractivity contribution is 5.71. The molecular weight excluding hydrogens is 793 g/mol. The second-order valence-electron chi connectivity index (χ2n) is 20.6. The Hall–Kier alpha value is -1.59. The molecule has 0 heterocycles. The number of ether oxygens (including phenoxy) is 3. The summed E-state index contributed by atoms with van der Waals surface area (Å²) in [6.07, 6.45) is 53.8. The van der Waals surface area contributed by atoms with Crippen molar-refractivity contribution in [1.29, 1.82) is 0 Å². The first kappa shape index (κ1) is 62.4. The normalized spacial score (nSPS) is 12.5. The fourth-order valence-electron chi connectivity index (χ4n) is 8.84. The molecule has 0 N–H and O–H groups in total. The van der Waals surface area contributed by atoms with E-state index in [1.165, 1.54) is 212 Å². The van der Waals surface area contributed by atoms with E-state index in [1.807, 2.05) is 0 Å². The van der Waals surface area contributed by atoms with Crippen molar-refractivity contribution in [3.63, 3.8) is 0 Å². The molecule has 0 aliphatic heterocycles. The van der Waals surface area contributed by atoms with E-state index in [1.54, 1.807) is 0 Å². The van der Waals surface area contributed by atoms with Crippen molar-refractivity contribution >= 4 is 17.9 Å². The van der Waals surface area contributed by atoms with Crippen molar-refractivity contribution < 1.29 is 28.6 Å². The zero-order valence-corrected chi connectivity index (χ0v) is 43.9. The fraction of sp³-hybridized carbons (Fsp3) is 0.948. The van der Waals surface area contributed by atoms with Gasteiger partial charge in [0.25, 0.3) is 0 Å². The van der Waals surface area contributed by atoms with Crippen LogP contribution in [0.5, 0.6) is 0 Å². The molecule has 0 saturated carbocycles. The highest BCUT2D eigenvalue weighted by Crippen LogP contribution is 2.19. The van der Waals surface area contributed by atoms with E-state index in [9.17, 15) is 14.4 Å². The second kappa shape index (κ2) is 50.8. The highest BCUT2D eigenvalue weighted by atomic mass is 16.6. The van der Waals surface area contributed by atoms with Gasteiger partial charge in [0.15, 0.2) is 6.10 Å². The number of carbonyl (C=O) groups excluding carboxylic acids is 3. The van der Waals surface area contributed by atoms with E-state index in [-0.39, 0.29) is 31.1 Å². The molecule has 6 heteroatoms. The van der Waals surface area contributed by atoms with Crippen molar-refractivity contribution in [2.45, 2.75) is 330 Å². The Morgan fingerprint density at radius 2 is 0.594 bits per heavy atom. The predicted octanol–water partition coefficient (Wildman–Crippen LogP) is 18.9. The van der Waals surface area contributed by atoms with Gasteiger partial charge in [0, 0.05) is 19.3 Å². The fourth-order valence-corrected chi connectivity index (χ4v) is 8.84. The molecule has 64 heavy (non-hydrogen) atoms. The van der Waals surface area contributed by atoms with Crippen LogP contribution in [0.25, 0.3) is 0 Å². The highest BCUT2D eigenvalue weighted by Gasteiger charge is 2.19. The smallest absolute Gasteiger partial charge is 0.306 e. The van der Waals surface area contributed by atoms with Crippen LogP contribution in [0, 0.1) is 11.8 Å². The molecule has 0 spiro atoms. The standard InChI is InChI=1S/C58H112O6/c1-6-8-9-10-11-12-21-28-33-38-43-48-56(59)62-51-55(64-58(61)50-45-40-35-30-25-24-26-31-36-41-46-53(3)4)52-63-57(60)49-44-39-34-29-23-20-18-16-14-13-15-17-19-22-27-32-37-42-47-54(5)7-2/h53-55H,6-52H2,1-5H3/t54?,55-/m0/s1. The maximum atomic E-state index is 12.8. The van der Waals surface area contributed by atoms with Crippen molar-refractivity contribution in [3.05, 3.63) is 0 Å². The summed E-state index contributed by atoms with van der Waals surface area (Å²) in [7, 11) is 0. The van der Waals surface area contributed by atoms with E-state index in [0.717, 1.165) is 69.6 Å². The van der Waals surface area contributed by atoms with Crippen LogP contribution < -0.4 is 0 Å². The Kier molecular flexibility index (Phi) is 49.6. The lowest BCUT2D eigenvalue weighted by atomic mass is 9.99. The third-order valence-corrected chi connectivity index (χ3v) is 13.6. The van der Waals surface area contributed by atoms with Gasteiger partial charge >= 0.3 is 17.9 Å². The number of esters is 3. The van der Waals surface area contributed by atoms with Gasteiger partial charge in [0.2, 0.25) is 0 Å². The molecule has 6 nitrogen and oxygen atoms in total. The molecule has 0 rings (SSSR count). The molecule has 0 amide bonds. The summed E-state index contributed by atoms with van der Waals surface area (Å²) in [6.45, 7) is 11.4. The van der Waals surface area contributed by atoms with Gasteiger partial charge in [0.05, 0.1) is 0 Å². The van der Waals surface area contributed by atoms with Gasteiger partial charge in [-0.2, -0.15) is 0 Å². The first-order chi connectivity index (χ1) is 31.3. The summed E-state index contributed by atoms with van der Waals surface area (Å²) in [5.41, 5.74) is 0. The third kappa shape index (κ3) is 49.8. The Balaban J connectivity index is 4.20. The molecule has 0 bridgehead atoms.